The smallest absolute Gasteiger partial charge is 0.105 e. The fourth-order valence-corrected chi connectivity index (χ4v) is 1.65. The highest BCUT2D eigenvalue weighted by Gasteiger charge is 2.04. The molecular weight excluding hydrogens is 216 g/mol. The fourth-order valence-electron chi connectivity index (χ4n) is 1.14. The minimum atomic E-state index is 0.325. The van der Waals surface area contributed by atoms with Crippen molar-refractivity contribution in [3.05, 3.63) is 28.8 Å². The van der Waals surface area contributed by atoms with Gasteiger partial charge in [-0.1, -0.05) is 23.8 Å². The number of thiocarbonyl (C=S) groups is 1. The van der Waals surface area contributed by atoms with Crippen molar-refractivity contribution >= 4 is 34.5 Å². The normalized spacial score (nSPS) is 10.3. The number of hydrogen-bond acceptors (Lipinski definition) is 2. The molecule has 0 aliphatic rings. The number of halogens is 1. The van der Waals surface area contributed by atoms with Gasteiger partial charge in [-0.05, 0) is 32.0 Å². The van der Waals surface area contributed by atoms with Gasteiger partial charge in [0.05, 0.1) is 5.02 Å². The third kappa shape index (κ3) is 2.86. The Morgan fingerprint density at radius 3 is 2.57 bits per heavy atom. The Kier molecular flexibility index (Phi) is 3.72. The van der Waals surface area contributed by atoms with Crippen molar-refractivity contribution in [2.24, 2.45) is 5.73 Å². The van der Waals surface area contributed by atoms with Gasteiger partial charge in [0.15, 0.2) is 0 Å². The van der Waals surface area contributed by atoms with E-state index in [0.717, 1.165) is 11.3 Å². The number of nitrogens with one attached hydrogen (secondary N) is 1. The summed E-state index contributed by atoms with van der Waals surface area (Å²) in [6, 6.07) is 5.95. The predicted molar refractivity (Wildman–Crippen MR) is 66.1 cm³/mol. The maximum atomic E-state index is 6.00. The number of nitrogens with two attached hydrogens (primary N) is 1. The van der Waals surface area contributed by atoms with Gasteiger partial charge < -0.3 is 11.1 Å². The summed E-state index contributed by atoms with van der Waals surface area (Å²) < 4.78 is 0. The molecule has 0 unspecified atom stereocenters. The first-order valence-corrected chi connectivity index (χ1v) is 5.15. The molecule has 0 saturated heterocycles. The average Bonchev–Trinajstić information content (AvgIpc) is 2.01. The molecule has 1 aromatic carbocycles. The van der Waals surface area contributed by atoms with E-state index in [9.17, 15) is 0 Å². The second kappa shape index (κ2) is 4.62. The number of hydrogen-bond donors (Lipinski definition) is 2. The van der Waals surface area contributed by atoms with Crippen LogP contribution in [0.4, 0.5) is 5.69 Å². The van der Waals surface area contributed by atoms with E-state index in [1.54, 1.807) is 0 Å². The van der Waals surface area contributed by atoms with Crippen LogP contribution in [0.25, 0.3) is 0 Å². The molecule has 0 fully saturated rings. The van der Waals surface area contributed by atoms with Crippen LogP contribution < -0.4 is 11.1 Å². The Morgan fingerprint density at radius 2 is 2.14 bits per heavy atom. The highest BCUT2D eigenvalue weighted by molar-refractivity contribution is 7.80. The topological polar surface area (TPSA) is 38.0 Å². The Hall–Kier alpha value is -0.800. The van der Waals surface area contributed by atoms with E-state index >= 15 is 0 Å². The lowest BCUT2D eigenvalue weighted by molar-refractivity contribution is 0.900. The second-order valence-electron chi connectivity index (χ2n) is 3.36. The van der Waals surface area contributed by atoms with E-state index in [1.807, 2.05) is 18.2 Å². The minimum absolute atomic E-state index is 0.325. The van der Waals surface area contributed by atoms with Crippen molar-refractivity contribution in [2.75, 3.05) is 5.32 Å². The molecule has 0 heterocycles. The van der Waals surface area contributed by atoms with Crippen molar-refractivity contribution < 1.29 is 0 Å². The Balaban J connectivity index is 2.94. The molecule has 3 N–H and O–H groups in total. The third-order valence-corrected chi connectivity index (χ3v) is 2.22. The molecule has 14 heavy (non-hydrogen) atoms. The molecule has 0 radical (unpaired) electrons. The zero-order chi connectivity index (χ0) is 10.7. The number of anilines is 1. The third-order valence-electron chi connectivity index (χ3n) is 1.69. The van der Waals surface area contributed by atoms with Gasteiger partial charge in [0.1, 0.15) is 4.99 Å². The first-order chi connectivity index (χ1) is 6.50. The van der Waals surface area contributed by atoms with Crippen molar-refractivity contribution in [2.45, 2.75) is 19.9 Å². The highest BCUT2D eigenvalue weighted by atomic mass is 35.5. The summed E-state index contributed by atoms with van der Waals surface area (Å²) in [5.74, 6) is 0. The first kappa shape index (κ1) is 11.3. The molecular formula is C10H13ClN2S. The molecule has 76 valence electrons. The van der Waals surface area contributed by atoms with Gasteiger partial charge >= 0.3 is 0 Å². The van der Waals surface area contributed by atoms with E-state index in [2.05, 4.69) is 19.2 Å². The Bertz CT molecular complexity index is 350. The van der Waals surface area contributed by atoms with Crippen molar-refractivity contribution in [3.63, 3.8) is 0 Å². The Labute approximate surface area is 94.4 Å². The molecule has 0 amide bonds. The molecule has 1 aromatic rings. The summed E-state index contributed by atoms with van der Waals surface area (Å²) >= 11 is 10.9. The lowest BCUT2D eigenvalue weighted by Crippen LogP contribution is -2.12. The quantitative estimate of drug-likeness (QED) is 0.782. The van der Waals surface area contributed by atoms with Crippen LogP contribution in [-0.2, 0) is 0 Å². The summed E-state index contributed by atoms with van der Waals surface area (Å²) in [6.07, 6.45) is 0. The van der Waals surface area contributed by atoms with Gasteiger partial charge in [-0.2, -0.15) is 0 Å². The lowest BCUT2D eigenvalue weighted by Gasteiger charge is -2.11. The van der Waals surface area contributed by atoms with Crippen LogP contribution in [0.5, 0.6) is 0 Å². The molecule has 0 aliphatic carbocycles. The summed E-state index contributed by atoms with van der Waals surface area (Å²) in [5.41, 5.74) is 7.19. The lowest BCUT2D eigenvalue weighted by atomic mass is 10.2. The van der Waals surface area contributed by atoms with E-state index in [0.29, 0.717) is 16.1 Å². The van der Waals surface area contributed by atoms with Gasteiger partial charge in [0.2, 0.25) is 0 Å². The molecule has 0 aromatic heterocycles. The molecule has 0 bridgehead atoms. The number of rotatable bonds is 3. The molecule has 0 spiro atoms. The van der Waals surface area contributed by atoms with Crippen LogP contribution in [0.15, 0.2) is 18.2 Å². The monoisotopic (exact) mass is 228 g/mol. The van der Waals surface area contributed by atoms with E-state index in [-0.39, 0.29) is 0 Å². The summed E-state index contributed by atoms with van der Waals surface area (Å²) in [4.78, 5) is 0.325. The van der Waals surface area contributed by atoms with Gasteiger partial charge in [-0.25, -0.2) is 0 Å². The molecule has 4 heteroatoms. The van der Waals surface area contributed by atoms with Crippen LogP contribution in [0.1, 0.15) is 19.4 Å². The van der Waals surface area contributed by atoms with Crippen LogP contribution in [0, 0.1) is 0 Å². The number of benzene rings is 1. The Morgan fingerprint density at radius 1 is 1.50 bits per heavy atom. The molecule has 0 aliphatic heterocycles. The first-order valence-electron chi connectivity index (χ1n) is 4.36. The maximum absolute atomic E-state index is 6.00. The van der Waals surface area contributed by atoms with Crippen molar-refractivity contribution in [1.82, 2.24) is 0 Å². The summed E-state index contributed by atoms with van der Waals surface area (Å²) in [6.45, 7) is 4.13. The van der Waals surface area contributed by atoms with E-state index in [1.165, 1.54) is 0 Å². The average molecular weight is 229 g/mol. The second-order valence-corrected chi connectivity index (χ2v) is 4.20. The molecule has 1 rings (SSSR count). The van der Waals surface area contributed by atoms with Crippen molar-refractivity contribution in [3.8, 4) is 0 Å². The SMILES string of the molecule is CC(C)Nc1ccc(C(N)=S)c(Cl)c1. The van der Waals surface area contributed by atoms with Gasteiger partial charge in [0, 0.05) is 17.3 Å². The molecule has 0 atom stereocenters. The van der Waals surface area contributed by atoms with Gasteiger partial charge in [-0.15, -0.1) is 0 Å². The predicted octanol–water partition coefficient (Wildman–Crippen LogP) is 2.79. The highest BCUT2D eigenvalue weighted by Crippen LogP contribution is 2.21. The van der Waals surface area contributed by atoms with Gasteiger partial charge in [-0.3, -0.25) is 0 Å². The minimum Gasteiger partial charge on any atom is -0.389 e. The summed E-state index contributed by atoms with van der Waals surface area (Å²) in [7, 11) is 0. The molecule has 0 saturated carbocycles. The van der Waals surface area contributed by atoms with Crippen LogP contribution in [0.3, 0.4) is 0 Å². The zero-order valence-corrected chi connectivity index (χ0v) is 9.75. The fraction of sp³-hybridized carbons (Fsp3) is 0.300. The van der Waals surface area contributed by atoms with Crippen molar-refractivity contribution in [1.29, 1.82) is 0 Å². The van der Waals surface area contributed by atoms with Crippen LogP contribution >= 0.6 is 23.8 Å². The standard InChI is InChI=1S/C10H13ClN2S/c1-6(2)13-7-3-4-8(10(12)14)9(11)5-7/h3-6,13H,1-2H3,(H2,12,14). The maximum Gasteiger partial charge on any atom is 0.105 e. The van der Waals surface area contributed by atoms with Crippen LogP contribution in [0.2, 0.25) is 5.02 Å². The van der Waals surface area contributed by atoms with E-state index in [4.69, 9.17) is 29.6 Å². The van der Waals surface area contributed by atoms with E-state index < -0.39 is 0 Å². The summed E-state index contributed by atoms with van der Waals surface area (Å²) in [5, 5.41) is 3.83. The largest absolute Gasteiger partial charge is 0.389 e. The van der Waals surface area contributed by atoms with Gasteiger partial charge in [0.25, 0.3) is 0 Å². The zero-order valence-electron chi connectivity index (χ0n) is 8.17. The molecule has 2 nitrogen and oxygen atoms in total. The van der Waals surface area contributed by atoms with Crippen LogP contribution in [-0.4, -0.2) is 11.0 Å².